The van der Waals surface area contributed by atoms with E-state index in [-0.39, 0.29) is 6.04 Å². The van der Waals surface area contributed by atoms with Crippen molar-refractivity contribution in [3.05, 3.63) is 60.2 Å². The molecule has 1 aromatic heterocycles. The summed E-state index contributed by atoms with van der Waals surface area (Å²) >= 11 is 1.70. The molecule has 0 aliphatic heterocycles. The Balaban J connectivity index is 1.84. The van der Waals surface area contributed by atoms with E-state index < -0.39 is 0 Å². The zero-order valence-corrected chi connectivity index (χ0v) is 10.9. The molecule has 0 radical (unpaired) electrons. The van der Waals surface area contributed by atoms with E-state index in [9.17, 15) is 0 Å². The molecule has 1 heterocycles. The Bertz CT molecular complexity index is 613. The zero-order chi connectivity index (χ0) is 12.4. The van der Waals surface area contributed by atoms with Crippen molar-refractivity contribution in [3.63, 3.8) is 0 Å². The fourth-order valence-corrected chi connectivity index (χ4v) is 2.90. The number of nitrogens with one attached hydrogen (secondary N) is 1. The highest BCUT2D eigenvalue weighted by Gasteiger charge is 2.08. The van der Waals surface area contributed by atoms with Crippen LogP contribution in [0, 0.1) is 0 Å². The Kier molecular flexibility index (Phi) is 2.99. The summed E-state index contributed by atoms with van der Waals surface area (Å²) in [6.07, 6.45) is 0. The van der Waals surface area contributed by atoms with Crippen molar-refractivity contribution in [2.45, 2.75) is 13.0 Å². The molecule has 18 heavy (non-hydrogen) atoms. The molecule has 2 aromatic carbocycles. The average Bonchev–Trinajstić information content (AvgIpc) is 2.82. The summed E-state index contributed by atoms with van der Waals surface area (Å²) in [6.45, 7) is 2.15. The SMILES string of the molecule is C[C@H](Nc1nc2ccccc2s1)c1ccccc1. The van der Waals surface area contributed by atoms with Gasteiger partial charge in [0.25, 0.3) is 0 Å². The van der Waals surface area contributed by atoms with E-state index in [2.05, 4.69) is 47.6 Å². The van der Waals surface area contributed by atoms with E-state index in [1.54, 1.807) is 11.3 Å². The standard InChI is InChI=1S/C15H14N2S/c1-11(12-7-3-2-4-8-12)16-15-17-13-9-5-6-10-14(13)18-15/h2-11H,1H3,(H,16,17)/t11-/m0/s1. The molecule has 0 fully saturated rings. The summed E-state index contributed by atoms with van der Waals surface area (Å²) in [5, 5.41) is 4.43. The minimum absolute atomic E-state index is 0.270. The number of anilines is 1. The number of benzene rings is 2. The first-order chi connectivity index (χ1) is 8.83. The molecule has 0 spiro atoms. The van der Waals surface area contributed by atoms with Crippen LogP contribution in [0.5, 0.6) is 0 Å². The maximum absolute atomic E-state index is 4.59. The molecular formula is C15H14N2S. The first-order valence-electron chi connectivity index (χ1n) is 6.00. The number of hydrogen-bond donors (Lipinski definition) is 1. The lowest BCUT2D eigenvalue weighted by Crippen LogP contribution is -2.05. The van der Waals surface area contributed by atoms with Gasteiger partial charge in [-0.1, -0.05) is 53.8 Å². The van der Waals surface area contributed by atoms with Gasteiger partial charge in [-0.3, -0.25) is 0 Å². The maximum Gasteiger partial charge on any atom is 0.184 e. The molecule has 0 bridgehead atoms. The van der Waals surface area contributed by atoms with Crippen molar-refractivity contribution in [1.29, 1.82) is 0 Å². The van der Waals surface area contributed by atoms with Gasteiger partial charge in [-0.2, -0.15) is 0 Å². The third-order valence-electron chi connectivity index (χ3n) is 2.93. The van der Waals surface area contributed by atoms with Gasteiger partial charge in [-0.15, -0.1) is 0 Å². The Morgan fingerprint density at radius 2 is 1.72 bits per heavy atom. The largest absolute Gasteiger partial charge is 0.355 e. The second-order valence-electron chi connectivity index (χ2n) is 4.26. The van der Waals surface area contributed by atoms with Crippen molar-refractivity contribution in [2.24, 2.45) is 0 Å². The van der Waals surface area contributed by atoms with Gasteiger partial charge in [0.15, 0.2) is 5.13 Å². The van der Waals surface area contributed by atoms with Crippen LogP contribution in [0.15, 0.2) is 54.6 Å². The third kappa shape index (κ3) is 2.22. The van der Waals surface area contributed by atoms with Crippen LogP contribution >= 0.6 is 11.3 Å². The van der Waals surface area contributed by atoms with Crippen LogP contribution in [-0.2, 0) is 0 Å². The summed E-state index contributed by atoms with van der Waals surface area (Å²) in [5.41, 5.74) is 2.34. The Morgan fingerprint density at radius 1 is 1.00 bits per heavy atom. The molecule has 0 aliphatic rings. The molecule has 3 aromatic rings. The minimum Gasteiger partial charge on any atom is -0.355 e. The van der Waals surface area contributed by atoms with Gasteiger partial charge in [0.05, 0.1) is 16.3 Å². The monoisotopic (exact) mass is 254 g/mol. The average molecular weight is 254 g/mol. The molecule has 0 saturated carbocycles. The topological polar surface area (TPSA) is 24.9 Å². The zero-order valence-electron chi connectivity index (χ0n) is 10.1. The number of fused-ring (bicyclic) bond motifs is 1. The van der Waals surface area contributed by atoms with E-state index in [1.165, 1.54) is 10.3 Å². The number of aromatic nitrogens is 1. The predicted octanol–water partition coefficient (Wildman–Crippen LogP) is 4.47. The smallest absolute Gasteiger partial charge is 0.184 e. The number of hydrogen-bond acceptors (Lipinski definition) is 3. The molecule has 3 rings (SSSR count). The summed E-state index contributed by atoms with van der Waals surface area (Å²) in [4.78, 5) is 4.59. The molecule has 1 N–H and O–H groups in total. The normalized spacial score (nSPS) is 12.5. The van der Waals surface area contributed by atoms with Crippen molar-refractivity contribution >= 4 is 26.7 Å². The van der Waals surface area contributed by atoms with E-state index in [1.807, 2.05) is 24.3 Å². The summed E-state index contributed by atoms with van der Waals surface area (Å²) in [7, 11) is 0. The second kappa shape index (κ2) is 4.78. The molecule has 0 amide bonds. The van der Waals surface area contributed by atoms with E-state index in [0.717, 1.165) is 10.6 Å². The highest BCUT2D eigenvalue weighted by Crippen LogP contribution is 2.28. The summed E-state index contributed by atoms with van der Waals surface area (Å²) < 4.78 is 1.22. The third-order valence-corrected chi connectivity index (χ3v) is 3.90. The number of thiazole rings is 1. The molecule has 3 heteroatoms. The first kappa shape index (κ1) is 11.2. The van der Waals surface area contributed by atoms with Crippen LogP contribution in [0.25, 0.3) is 10.2 Å². The molecule has 0 saturated heterocycles. The molecule has 0 aliphatic carbocycles. The lowest BCUT2D eigenvalue weighted by Gasteiger charge is -2.12. The van der Waals surface area contributed by atoms with Crippen molar-refractivity contribution in [1.82, 2.24) is 4.98 Å². The lowest BCUT2D eigenvalue weighted by atomic mass is 10.1. The second-order valence-corrected chi connectivity index (χ2v) is 5.29. The van der Waals surface area contributed by atoms with Crippen LogP contribution in [0.4, 0.5) is 5.13 Å². The van der Waals surface area contributed by atoms with Gasteiger partial charge in [0, 0.05) is 0 Å². The van der Waals surface area contributed by atoms with Gasteiger partial charge in [0.2, 0.25) is 0 Å². The first-order valence-corrected chi connectivity index (χ1v) is 6.81. The van der Waals surface area contributed by atoms with Crippen LogP contribution < -0.4 is 5.32 Å². The minimum atomic E-state index is 0.270. The van der Waals surface area contributed by atoms with Crippen LogP contribution in [0.2, 0.25) is 0 Å². The van der Waals surface area contributed by atoms with Gasteiger partial charge in [0.1, 0.15) is 0 Å². The van der Waals surface area contributed by atoms with Crippen LogP contribution in [0.1, 0.15) is 18.5 Å². The summed E-state index contributed by atoms with van der Waals surface area (Å²) in [6, 6.07) is 18.9. The number of rotatable bonds is 3. The van der Waals surface area contributed by atoms with Gasteiger partial charge >= 0.3 is 0 Å². The Hall–Kier alpha value is -1.87. The van der Waals surface area contributed by atoms with Crippen LogP contribution in [0.3, 0.4) is 0 Å². The number of para-hydroxylation sites is 1. The summed E-state index contributed by atoms with van der Waals surface area (Å²) in [5.74, 6) is 0. The van der Waals surface area contributed by atoms with Crippen LogP contribution in [-0.4, -0.2) is 4.98 Å². The highest BCUT2D eigenvalue weighted by atomic mass is 32.1. The molecule has 0 unspecified atom stereocenters. The van der Waals surface area contributed by atoms with Crippen molar-refractivity contribution in [3.8, 4) is 0 Å². The lowest BCUT2D eigenvalue weighted by molar-refractivity contribution is 0.883. The van der Waals surface area contributed by atoms with Gasteiger partial charge < -0.3 is 5.32 Å². The van der Waals surface area contributed by atoms with E-state index >= 15 is 0 Å². The number of nitrogens with zero attached hydrogens (tertiary/aromatic N) is 1. The Morgan fingerprint density at radius 3 is 2.50 bits per heavy atom. The molecular weight excluding hydrogens is 240 g/mol. The highest BCUT2D eigenvalue weighted by molar-refractivity contribution is 7.22. The fourth-order valence-electron chi connectivity index (χ4n) is 1.94. The molecule has 90 valence electrons. The van der Waals surface area contributed by atoms with Crippen molar-refractivity contribution in [2.75, 3.05) is 5.32 Å². The van der Waals surface area contributed by atoms with Gasteiger partial charge in [-0.05, 0) is 24.6 Å². The quantitative estimate of drug-likeness (QED) is 0.746. The van der Waals surface area contributed by atoms with E-state index in [0.29, 0.717) is 0 Å². The van der Waals surface area contributed by atoms with E-state index in [4.69, 9.17) is 0 Å². The van der Waals surface area contributed by atoms with Crippen molar-refractivity contribution < 1.29 is 0 Å². The fraction of sp³-hybridized carbons (Fsp3) is 0.133. The molecule has 1 atom stereocenters. The maximum atomic E-state index is 4.59. The molecule has 2 nitrogen and oxygen atoms in total. The predicted molar refractivity (Wildman–Crippen MR) is 78.1 cm³/mol. The Labute approximate surface area is 110 Å². The van der Waals surface area contributed by atoms with Gasteiger partial charge in [-0.25, -0.2) is 4.98 Å².